The van der Waals surface area contributed by atoms with Crippen molar-refractivity contribution in [1.29, 1.82) is 0 Å². The van der Waals surface area contributed by atoms with Crippen LogP contribution < -0.4 is 43.0 Å². The Bertz CT molecular complexity index is 2450. The van der Waals surface area contributed by atoms with Crippen LogP contribution in [0.15, 0.2) is 12.5 Å². The van der Waals surface area contributed by atoms with Gasteiger partial charge in [0.2, 0.25) is 65.0 Å². The van der Waals surface area contributed by atoms with E-state index in [1.807, 2.05) is 0 Å². The van der Waals surface area contributed by atoms with E-state index in [1.54, 1.807) is 0 Å². The van der Waals surface area contributed by atoms with Crippen LogP contribution in [0.2, 0.25) is 0 Å². The molecule has 4 aliphatic rings. The summed E-state index contributed by atoms with van der Waals surface area (Å²) in [6.07, 6.45) is -1.12. The van der Waals surface area contributed by atoms with Crippen LogP contribution >= 0.6 is 0 Å². The number of imidazole rings is 1. The highest BCUT2D eigenvalue weighted by molar-refractivity contribution is 6.01. The number of aliphatic carboxylic acids is 3. The van der Waals surface area contributed by atoms with Gasteiger partial charge in [0.15, 0.2) is 0 Å². The lowest BCUT2D eigenvalue weighted by molar-refractivity contribution is -0.147. The number of H-pyrrole nitrogens is 1. The van der Waals surface area contributed by atoms with E-state index >= 15 is 0 Å². The van der Waals surface area contributed by atoms with E-state index in [9.17, 15) is 82.4 Å². The summed E-state index contributed by atoms with van der Waals surface area (Å²) in [6.45, 7) is 4.02. The lowest BCUT2D eigenvalue weighted by Crippen LogP contribution is -2.61. The molecule has 10 atom stereocenters. The summed E-state index contributed by atoms with van der Waals surface area (Å²) < 4.78 is 0. The number of aromatic amines is 1. The van der Waals surface area contributed by atoms with Crippen LogP contribution in [-0.4, -0.2) is 203 Å². The van der Waals surface area contributed by atoms with Crippen LogP contribution in [-0.2, 0) is 73.5 Å². The molecule has 4 aliphatic heterocycles. The normalized spacial score (nSPS) is 28.0. The number of nitrogens with one attached hydrogen (secondary N) is 8. The Morgan fingerprint density at radius 3 is 1.43 bits per heavy atom. The fourth-order valence-electron chi connectivity index (χ4n) is 9.74. The van der Waals surface area contributed by atoms with E-state index < -0.39 is 188 Å². The van der Waals surface area contributed by atoms with Crippen LogP contribution in [0.25, 0.3) is 0 Å². The van der Waals surface area contributed by atoms with Gasteiger partial charge < -0.3 is 78.0 Å². The summed E-state index contributed by atoms with van der Waals surface area (Å²) in [5, 5.41) is 46.2. The molecule has 0 saturated carbocycles. The Balaban J connectivity index is 1.54. The summed E-state index contributed by atoms with van der Waals surface area (Å²) >= 11 is 0. The quantitative estimate of drug-likeness (QED) is 0.0881. The van der Waals surface area contributed by atoms with Crippen molar-refractivity contribution in [3.8, 4) is 0 Å². The molecule has 4 fully saturated rings. The fourth-order valence-corrected chi connectivity index (χ4v) is 9.74. The van der Waals surface area contributed by atoms with Gasteiger partial charge in [0.25, 0.3) is 0 Å². The average molecular weight is 1090 g/mol. The number of carbonyl (C=O) groups is 14. The predicted molar refractivity (Wildman–Crippen MR) is 260 cm³/mol. The molecule has 422 valence electrons. The number of carboxylic acid groups (broad SMARTS) is 3. The van der Waals surface area contributed by atoms with Crippen molar-refractivity contribution in [3.05, 3.63) is 18.2 Å². The molecule has 5 rings (SSSR count). The molecule has 0 aliphatic carbocycles. The monoisotopic (exact) mass is 1090 g/mol. The van der Waals surface area contributed by atoms with Crippen molar-refractivity contribution < 1.29 is 82.4 Å². The number of amides is 11. The lowest BCUT2D eigenvalue weighted by Gasteiger charge is -2.32. The van der Waals surface area contributed by atoms with Crippen LogP contribution in [0.1, 0.15) is 104 Å². The third kappa shape index (κ3) is 16.1. The average Bonchev–Trinajstić information content (AvgIpc) is 4.22. The second kappa shape index (κ2) is 27.0. The summed E-state index contributed by atoms with van der Waals surface area (Å²) in [4.78, 5) is 199. The first-order chi connectivity index (χ1) is 36.4. The summed E-state index contributed by atoms with van der Waals surface area (Å²) in [7, 11) is 0. The molecular formula is C47H67N13O17. The zero-order valence-electron chi connectivity index (χ0n) is 42.7. The highest BCUT2D eigenvalue weighted by Crippen LogP contribution is 2.24. The molecule has 11 amide bonds. The number of hydrogen-bond acceptors (Lipinski definition) is 15. The van der Waals surface area contributed by atoms with Gasteiger partial charge in [-0.2, -0.15) is 0 Å². The smallest absolute Gasteiger partial charge is 0.305 e. The number of carbonyl (C=O) groups excluding carboxylic acids is 11. The van der Waals surface area contributed by atoms with Crippen LogP contribution in [0.5, 0.6) is 0 Å². The van der Waals surface area contributed by atoms with Gasteiger partial charge >= 0.3 is 17.9 Å². The maximum absolute atomic E-state index is 14.5. The highest BCUT2D eigenvalue weighted by atomic mass is 16.4. The van der Waals surface area contributed by atoms with E-state index in [4.69, 9.17) is 5.73 Å². The Hall–Kier alpha value is -8.21. The minimum Gasteiger partial charge on any atom is -0.481 e. The molecule has 0 radical (unpaired) electrons. The van der Waals surface area contributed by atoms with Gasteiger partial charge in [-0.05, 0) is 64.2 Å². The molecule has 1 aromatic rings. The SMILES string of the molecule is CC(C)[C@H]1NC(=O)[C@H](CCC(=O)O)NC(=O)[C@H]2CCCN2C(=O)[C@@H](C)NC(=O)[C@H](CC(N)=O)NC(=O)[C@H]2CCCN2C(=O)[C@@H](Cc2cnc[nH]2)NC(=O)[C@@H](CCC(=O)O)NC(=O)[C@@H]2CCCN2C(=O)[C@H](CC(=O)O)NC1=O. The molecule has 0 bridgehead atoms. The Labute approximate surface area is 440 Å². The van der Waals surface area contributed by atoms with Gasteiger partial charge in [-0.25, -0.2) is 4.98 Å². The Kier molecular flexibility index (Phi) is 20.9. The van der Waals surface area contributed by atoms with Gasteiger partial charge in [-0.1, -0.05) is 13.8 Å². The summed E-state index contributed by atoms with van der Waals surface area (Å²) in [6, 6.07) is -15.4. The molecule has 30 heteroatoms. The number of carboxylic acids is 3. The Morgan fingerprint density at radius 1 is 0.558 bits per heavy atom. The molecular weight excluding hydrogens is 1020 g/mol. The minimum absolute atomic E-state index is 0.0183. The molecule has 30 nitrogen and oxygen atoms in total. The lowest BCUT2D eigenvalue weighted by atomic mass is 10.0. The largest absolute Gasteiger partial charge is 0.481 e. The zero-order chi connectivity index (χ0) is 56.8. The van der Waals surface area contributed by atoms with Crippen molar-refractivity contribution in [2.24, 2.45) is 11.7 Å². The number of fused-ring (bicyclic) bond motifs is 3. The minimum atomic E-state index is -1.86. The Morgan fingerprint density at radius 2 is 0.987 bits per heavy atom. The number of primary amides is 1. The van der Waals surface area contributed by atoms with E-state index in [1.165, 1.54) is 33.3 Å². The zero-order valence-corrected chi connectivity index (χ0v) is 42.7. The van der Waals surface area contributed by atoms with Crippen molar-refractivity contribution in [3.63, 3.8) is 0 Å². The van der Waals surface area contributed by atoms with Gasteiger partial charge in [0.05, 0.1) is 19.2 Å². The molecule has 0 unspecified atom stereocenters. The van der Waals surface area contributed by atoms with Crippen molar-refractivity contribution in [2.75, 3.05) is 19.6 Å². The maximum atomic E-state index is 14.5. The fraction of sp³-hybridized carbons (Fsp3) is 0.638. The number of rotatable bonds is 13. The predicted octanol–water partition coefficient (Wildman–Crippen LogP) is -4.91. The molecule has 1 aromatic heterocycles. The third-order valence-corrected chi connectivity index (χ3v) is 13.7. The van der Waals surface area contributed by atoms with E-state index in [0.717, 1.165) is 14.7 Å². The summed E-state index contributed by atoms with van der Waals surface area (Å²) in [5.74, 6) is -15.9. The first-order valence-electron chi connectivity index (χ1n) is 25.3. The van der Waals surface area contributed by atoms with Crippen molar-refractivity contribution in [1.82, 2.24) is 61.9 Å². The van der Waals surface area contributed by atoms with E-state index in [-0.39, 0.29) is 64.6 Å². The standard InChI is InChI=1S/C47H67N13O17/c1-22(2)37-44(74)56-29(19-36(66)67)47(77)60-16-5-8-31(60)42(72)52-25(10-12-34(62)63)38(68)55-28(17-24-20-49-21-50-24)46(76)59-15-6-9-32(59)43(73)54-27(18-33(48)61)40(70)51-23(3)45(75)58-14-4-7-30(58)41(71)53-26(39(69)57-37)11-13-35(64)65/h20-23,25-32,37H,4-19H2,1-3H3,(H2,48,61)(H,49,50)(H,51,70)(H,52,72)(H,53,71)(H,54,73)(H,55,68)(H,56,74)(H,57,69)(H,62,63)(H,64,65)(H,66,67)/t23-,25-,26+,27+,28-,29+,30-,31+,32-,37-/m1/s1. The molecule has 77 heavy (non-hydrogen) atoms. The summed E-state index contributed by atoms with van der Waals surface area (Å²) in [5.41, 5.74) is 5.80. The maximum Gasteiger partial charge on any atom is 0.305 e. The highest BCUT2D eigenvalue weighted by Gasteiger charge is 2.44. The van der Waals surface area contributed by atoms with Crippen molar-refractivity contribution >= 4 is 82.9 Å². The van der Waals surface area contributed by atoms with Gasteiger partial charge in [-0.3, -0.25) is 67.1 Å². The second-order valence-electron chi connectivity index (χ2n) is 19.7. The topological polar surface area (TPSA) is 448 Å². The van der Waals surface area contributed by atoms with Gasteiger partial charge in [0.1, 0.15) is 60.4 Å². The van der Waals surface area contributed by atoms with E-state index in [2.05, 4.69) is 47.2 Å². The van der Waals surface area contributed by atoms with Gasteiger partial charge in [0, 0.05) is 50.8 Å². The molecule has 4 saturated heterocycles. The molecule has 5 heterocycles. The van der Waals surface area contributed by atoms with Crippen LogP contribution in [0.3, 0.4) is 0 Å². The van der Waals surface area contributed by atoms with Crippen LogP contribution in [0.4, 0.5) is 0 Å². The number of nitrogens with zero attached hydrogens (tertiary/aromatic N) is 4. The second-order valence-corrected chi connectivity index (χ2v) is 19.7. The first kappa shape index (κ1) is 59.7. The first-order valence-corrected chi connectivity index (χ1v) is 25.3. The van der Waals surface area contributed by atoms with Crippen molar-refractivity contribution in [2.45, 2.75) is 165 Å². The van der Waals surface area contributed by atoms with E-state index in [0.29, 0.717) is 5.69 Å². The molecule has 0 spiro atoms. The number of hydrogen-bond donors (Lipinski definition) is 12. The number of nitrogens with two attached hydrogens (primary N) is 1. The van der Waals surface area contributed by atoms with Gasteiger partial charge in [-0.15, -0.1) is 0 Å². The molecule has 0 aromatic carbocycles. The number of aromatic nitrogens is 2. The molecule has 13 N–H and O–H groups in total. The third-order valence-electron chi connectivity index (χ3n) is 13.7. The van der Waals surface area contributed by atoms with Crippen LogP contribution in [0, 0.1) is 5.92 Å².